The fourth-order valence-electron chi connectivity index (χ4n) is 3.38. The Morgan fingerprint density at radius 2 is 2.04 bits per heavy atom. The highest BCUT2D eigenvalue weighted by molar-refractivity contribution is 5.84. The fraction of sp³-hybridized carbons (Fsp3) is 0.300. The van der Waals surface area contributed by atoms with Crippen LogP contribution in [0.3, 0.4) is 0 Å². The molecule has 1 aromatic carbocycles. The van der Waals surface area contributed by atoms with Crippen molar-refractivity contribution in [1.82, 2.24) is 20.0 Å². The second kappa shape index (κ2) is 7.19. The summed E-state index contributed by atoms with van der Waals surface area (Å²) in [6.07, 6.45) is 2.31. The van der Waals surface area contributed by atoms with Gasteiger partial charge >= 0.3 is 0 Å². The second-order valence-electron chi connectivity index (χ2n) is 6.68. The highest BCUT2D eigenvalue weighted by Gasteiger charge is 2.38. The number of rotatable bonds is 5. The zero-order valence-electron chi connectivity index (χ0n) is 15.0. The van der Waals surface area contributed by atoms with E-state index in [0.717, 1.165) is 12.0 Å². The van der Waals surface area contributed by atoms with Crippen LogP contribution in [0.2, 0.25) is 0 Å². The lowest BCUT2D eigenvalue weighted by Crippen LogP contribution is -2.50. The maximum atomic E-state index is 12.8. The SMILES string of the molecule is CC[C@H](C(=O)N1CC(c2nc(-c3ccc[nH]c3=O)no2)C1)c1ccccc1. The molecule has 2 aromatic heterocycles. The van der Waals surface area contributed by atoms with E-state index < -0.39 is 0 Å². The quantitative estimate of drug-likeness (QED) is 0.751. The number of carbonyl (C=O) groups is 1. The van der Waals surface area contributed by atoms with Gasteiger partial charge in [0.15, 0.2) is 0 Å². The third-order valence-electron chi connectivity index (χ3n) is 4.95. The molecule has 0 saturated carbocycles. The molecule has 138 valence electrons. The highest BCUT2D eigenvalue weighted by Crippen LogP contribution is 2.31. The molecule has 0 radical (unpaired) electrons. The predicted molar refractivity (Wildman–Crippen MR) is 99.1 cm³/mol. The van der Waals surface area contributed by atoms with Gasteiger partial charge in [0, 0.05) is 19.3 Å². The molecule has 1 fully saturated rings. The van der Waals surface area contributed by atoms with Crippen molar-refractivity contribution in [3.63, 3.8) is 0 Å². The van der Waals surface area contributed by atoms with Crippen LogP contribution in [0.4, 0.5) is 0 Å². The third-order valence-corrected chi connectivity index (χ3v) is 4.95. The molecule has 1 N–H and O–H groups in total. The van der Waals surface area contributed by atoms with E-state index >= 15 is 0 Å². The Kier molecular flexibility index (Phi) is 4.58. The number of pyridine rings is 1. The largest absolute Gasteiger partial charge is 0.340 e. The normalized spacial score (nSPS) is 15.4. The van der Waals surface area contributed by atoms with Crippen LogP contribution in [0, 0.1) is 0 Å². The van der Waals surface area contributed by atoms with Gasteiger partial charge in [0.1, 0.15) is 0 Å². The minimum atomic E-state index is -0.260. The van der Waals surface area contributed by atoms with Crippen LogP contribution in [0.5, 0.6) is 0 Å². The number of H-pyrrole nitrogens is 1. The molecule has 4 rings (SSSR count). The van der Waals surface area contributed by atoms with Gasteiger partial charge in [0.05, 0.1) is 17.4 Å². The van der Waals surface area contributed by atoms with Crippen LogP contribution >= 0.6 is 0 Å². The highest BCUT2D eigenvalue weighted by atomic mass is 16.5. The van der Waals surface area contributed by atoms with Gasteiger partial charge in [-0.25, -0.2) is 0 Å². The van der Waals surface area contributed by atoms with Crippen molar-refractivity contribution in [1.29, 1.82) is 0 Å². The van der Waals surface area contributed by atoms with Crippen molar-refractivity contribution in [2.75, 3.05) is 13.1 Å². The summed E-state index contributed by atoms with van der Waals surface area (Å²) in [5.41, 5.74) is 1.15. The number of amides is 1. The molecule has 27 heavy (non-hydrogen) atoms. The fourth-order valence-corrected chi connectivity index (χ4v) is 3.38. The van der Waals surface area contributed by atoms with Gasteiger partial charge < -0.3 is 14.4 Å². The summed E-state index contributed by atoms with van der Waals surface area (Å²) in [7, 11) is 0. The minimum absolute atomic E-state index is 0.00581. The van der Waals surface area contributed by atoms with Crippen molar-refractivity contribution >= 4 is 5.91 Å². The van der Waals surface area contributed by atoms with Gasteiger partial charge in [-0.3, -0.25) is 9.59 Å². The van der Waals surface area contributed by atoms with Crippen LogP contribution in [-0.4, -0.2) is 39.0 Å². The number of hydrogen-bond acceptors (Lipinski definition) is 5. The number of aromatic amines is 1. The summed E-state index contributed by atoms with van der Waals surface area (Å²) >= 11 is 0. The van der Waals surface area contributed by atoms with Crippen LogP contribution < -0.4 is 5.56 Å². The Morgan fingerprint density at radius 1 is 1.26 bits per heavy atom. The van der Waals surface area contributed by atoms with Crippen molar-refractivity contribution in [2.24, 2.45) is 0 Å². The average Bonchev–Trinajstić information content (AvgIpc) is 3.12. The summed E-state index contributed by atoms with van der Waals surface area (Å²) in [5.74, 6) is 0.733. The maximum Gasteiger partial charge on any atom is 0.259 e. The van der Waals surface area contributed by atoms with Crippen LogP contribution in [0.15, 0.2) is 58.0 Å². The van der Waals surface area contributed by atoms with Gasteiger partial charge in [0.25, 0.3) is 5.56 Å². The van der Waals surface area contributed by atoms with Crippen LogP contribution in [0.1, 0.15) is 36.6 Å². The lowest BCUT2D eigenvalue weighted by Gasteiger charge is -2.39. The molecule has 1 aliphatic rings. The first-order valence-corrected chi connectivity index (χ1v) is 9.02. The molecule has 1 amide bonds. The summed E-state index contributed by atoms with van der Waals surface area (Å²) < 4.78 is 5.33. The molecular formula is C20H20N4O3. The van der Waals surface area contributed by atoms with E-state index in [9.17, 15) is 9.59 Å². The van der Waals surface area contributed by atoms with Crippen molar-refractivity contribution in [3.05, 3.63) is 70.5 Å². The zero-order chi connectivity index (χ0) is 18.8. The van der Waals surface area contributed by atoms with Gasteiger partial charge in [-0.05, 0) is 24.1 Å². The van der Waals surface area contributed by atoms with E-state index in [1.54, 1.807) is 18.3 Å². The number of benzene rings is 1. The molecule has 1 atom stereocenters. The van der Waals surface area contributed by atoms with Crippen molar-refractivity contribution in [3.8, 4) is 11.4 Å². The number of carbonyl (C=O) groups excluding carboxylic acids is 1. The topological polar surface area (TPSA) is 92.1 Å². The molecule has 7 nitrogen and oxygen atoms in total. The van der Waals surface area contributed by atoms with Crippen molar-refractivity contribution < 1.29 is 9.32 Å². The van der Waals surface area contributed by atoms with Gasteiger partial charge in [0.2, 0.25) is 17.6 Å². The molecule has 3 aromatic rings. The standard InChI is InChI=1S/C20H20N4O3/c1-2-15(13-7-4-3-5-8-13)20(26)24-11-14(12-24)19-22-17(23-27-19)16-9-6-10-21-18(16)25/h3-10,14-15H,2,11-12H2,1H3,(H,21,25)/t15-/m0/s1. The Balaban J connectivity index is 1.43. The monoisotopic (exact) mass is 364 g/mol. The van der Waals surface area contributed by atoms with E-state index in [4.69, 9.17) is 4.52 Å². The maximum absolute atomic E-state index is 12.8. The lowest BCUT2D eigenvalue weighted by atomic mass is 9.91. The number of hydrogen-bond donors (Lipinski definition) is 1. The first kappa shape index (κ1) is 17.2. The molecule has 0 aliphatic carbocycles. The van der Waals surface area contributed by atoms with Crippen molar-refractivity contribution in [2.45, 2.75) is 25.2 Å². The van der Waals surface area contributed by atoms with E-state index in [1.165, 1.54) is 0 Å². The molecule has 7 heteroatoms. The number of likely N-dealkylation sites (tertiary alicyclic amines) is 1. The molecule has 1 saturated heterocycles. The summed E-state index contributed by atoms with van der Waals surface area (Å²) in [5, 5.41) is 3.91. The number of nitrogens with zero attached hydrogens (tertiary/aromatic N) is 3. The summed E-state index contributed by atoms with van der Waals surface area (Å²) in [4.78, 5) is 33.4. The Morgan fingerprint density at radius 3 is 2.74 bits per heavy atom. The van der Waals surface area contributed by atoms with Gasteiger partial charge in [-0.2, -0.15) is 4.98 Å². The third kappa shape index (κ3) is 3.28. The molecule has 3 heterocycles. The molecular weight excluding hydrogens is 344 g/mol. The van der Waals surface area contributed by atoms with E-state index in [-0.39, 0.29) is 29.1 Å². The zero-order valence-corrected chi connectivity index (χ0v) is 15.0. The van der Waals surface area contributed by atoms with Crippen LogP contribution in [-0.2, 0) is 4.79 Å². The van der Waals surface area contributed by atoms with E-state index in [2.05, 4.69) is 15.1 Å². The minimum Gasteiger partial charge on any atom is -0.340 e. The predicted octanol–water partition coefficient (Wildman–Crippen LogP) is 2.54. The summed E-state index contributed by atoms with van der Waals surface area (Å²) in [6, 6.07) is 13.2. The van der Waals surface area contributed by atoms with Gasteiger partial charge in [-0.15, -0.1) is 0 Å². The van der Waals surface area contributed by atoms with Gasteiger partial charge in [-0.1, -0.05) is 42.4 Å². The lowest BCUT2D eigenvalue weighted by molar-refractivity contribution is -0.137. The molecule has 0 spiro atoms. The smallest absolute Gasteiger partial charge is 0.259 e. The number of aromatic nitrogens is 3. The van der Waals surface area contributed by atoms with E-state index in [0.29, 0.717) is 24.5 Å². The van der Waals surface area contributed by atoms with Crippen LogP contribution in [0.25, 0.3) is 11.4 Å². The Bertz CT molecular complexity index is 989. The molecule has 0 bridgehead atoms. The average molecular weight is 364 g/mol. The Labute approximate surface area is 156 Å². The number of nitrogens with one attached hydrogen (secondary N) is 1. The second-order valence-corrected chi connectivity index (χ2v) is 6.68. The summed E-state index contributed by atoms with van der Waals surface area (Å²) in [6.45, 7) is 3.12. The first-order chi connectivity index (χ1) is 13.2. The van der Waals surface area contributed by atoms with E-state index in [1.807, 2.05) is 42.2 Å². The first-order valence-electron chi connectivity index (χ1n) is 9.02. The molecule has 0 unspecified atom stereocenters. The molecule has 1 aliphatic heterocycles. The Hall–Kier alpha value is -3.22.